The number of rotatable bonds is 1. The van der Waals surface area contributed by atoms with Gasteiger partial charge in [0.2, 0.25) is 0 Å². The van der Waals surface area contributed by atoms with Crippen LogP contribution in [0.2, 0.25) is 0 Å². The second-order valence-corrected chi connectivity index (χ2v) is 4.55. The highest BCUT2D eigenvalue weighted by Gasteiger charge is 2.19. The number of allylic oxidation sites excluding steroid dienone is 3. The van der Waals surface area contributed by atoms with E-state index < -0.39 is 0 Å². The van der Waals surface area contributed by atoms with Crippen LogP contribution in [0, 0.1) is 0 Å². The molecular formula is C17H14O3. The van der Waals surface area contributed by atoms with Gasteiger partial charge < -0.3 is 14.9 Å². The van der Waals surface area contributed by atoms with Crippen molar-refractivity contribution < 1.29 is 14.9 Å². The molecular weight excluding hydrogens is 252 g/mol. The molecule has 0 bridgehead atoms. The molecule has 0 aliphatic carbocycles. The summed E-state index contributed by atoms with van der Waals surface area (Å²) in [7, 11) is 0. The fourth-order valence-corrected chi connectivity index (χ4v) is 2.25. The van der Waals surface area contributed by atoms with Gasteiger partial charge in [-0.15, -0.1) is 0 Å². The van der Waals surface area contributed by atoms with Crippen LogP contribution in [0.5, 0.6) is 17.2 Å². The second kappa shape index (κ2) is 4.78. The number of aromatic hydroxyl groups is 2. The summed E-state index contributed by atoms with van der Waals surface area (Å²) >= 11 is 0. The van der Waals surface area contributed by atoms with Crippen molar-refractivity contribution in [3.8, 4) is 17.2 Å². The van der Waals surface area contributed by atoms with Crippen molar-refractivity contribution in [2.45, 2.75) is 6.92 Å². The van der Waals surface area contributed by atoms with Crippen LogP contribution in [0.15, 0.2) is 54.6 Å². The molecule has 20 heavy (non-hydrogen) atoms. The minimum atomic E-state index is 0.151. The van der Waals surface area contributed by atoms with E-state index in [1.807, 2.05) is 31.2 Å². The zero-order chi connectivity index (χ0) is 14.1. The van der Waals surface area contributed by atoms with Crippen LogP contribution in [0.4, 0.5) is 0 Å². The molecule has 1 aliphatic heterocycles. The molecule has 0 atom stereocenters. The van der Waals surface area contributed by atoms with Crippen LogP contribution < -0.4 is 4.74 Å². The first kappa shape index (κ1) is 12.4. The van der Waals surface area contributed by atoms with Gasteiger partial charge in [0, 0.05) is 11.6 Å². The monoisotopic (exact) mass is 266 g/mol. The standard InChI is InChI=1S/C17H14O3/c1-2-11-9-16(14-5-3-4-6-15(14)19)20-17-10-12(18)7-8-13(11)17/h2-10,18-19H,1H3/b11-2-. The Morgan fingerprint density at radius 1 is 1.00 bits per heavy atom. The number of ether oxygens (including phenoxy) is 1. The molecule has 0 saturated heterocycles. The lowest BCUT2D eigenvalue weighted by Crippen LogP contribution is -2.03. The predicted octanol–water partition coefficient (Wildman–Crippen LogP) is 3.93. The lowest BCUT2D eigenvalue weighted by molar-refractivity contribution is 0.453. The van der Waals surface area contributed by atoms with E-state index in [0.717, 1.165) is 11.1 Å². The van der Waals surface area contributed by atoms with Gasteiger partial charge in [-0.05, 0) is 42.8 Å². The molecule has 1 heterocycles. The van der Waals surface area contributed by atoms with Gasteiger partial charge >= 0.3 is 0 Å². The summed E-state index contributed by atoms with van der Waals surface area (Å²) in [5.41, 5.74) is 2.54. The van der Waals surface area contributed by atoms with Crippen molar-refractivity contribution in [1.29, 1.82) is 0 Å². The lowest BCUT2D eigenvalue weighted by Gasteiger charge is -2.21. The minimum absolute atomic E-state index is 0.151. The van der Waals surface area contributed by atoms with Gasteiger partial charge in [-0.1, -0.05) is 18.2 Å². The summed E-state index contributed by atoms with van der Waals surface area (Å²) < 4.78 is 5.81. The molecule has 1 aliphatic rings. The zero-order valence-corrected chi connectivity index (χ0v) is 11.0. The van der Waals surface area contributed by atoms with Crippen LogP contribution in [-0.2, 0) is 0 Å². The van der Waals surface area contributed by atoms with Gasteiger partial charge in [-0.25, -0.2) is 0 Å². The van der Waals surface area contributed by atoms with E-state index in [1.54, 1.807) is 30.3 Å². The predicted molar refractivity (Wildman–Crippen MR) is 78.5 cm³/mol. The summed E-state index contributed by atoms with van der Waals surface area (Å²) in [5.74, 6) is 1.46. The molecule has 0 amide bonds. The third-order valence-electron chi connectivity index (χ3n) is 3.26. The van der Waals surface area contributed by atoms with Crippen molar-refractivity contribution in [1.82, 2.24) is 0 Å². The number of benzene rings is 2. The first-order valence-corrected chi connectivity index (χ1v) is 6.36. The normalized spacial score (nSPS) is 15.4. The number of phenolic OH excluding ortho intramolecular Hbond substituents is 2. The highest BCUT2D eigenvalue weighted by molar-refractivity contribution is 5.89. The van der Waals surface area contributed by atoms with Crippen LogP contribution in [0.25, 0.3) is 11.3 Å². The van der Waals surface area contributed by atoms with Crippen LogP contribution in [0.3, 0.4) is 0 Å². The molecule has 0 spiro atoms. The van der Waals surface area contributed by atoms with Gasteiger partial charge in [0.15, 0.2) is 0 Å². The molecule has 3 nitrogen and oxygen atoms in total. The molecule has 3 rings (SSSR count). The van der Waals surface area contributed by atoms with Gasteiger partial charge in [-0.3, -0.25) is 0 Å². The number of para-hydroxylation sites is 1. The Morgan fingerprint density at radius 2 is 1.80 bits per heavy atom. The SMILES string of the molecule is C/C=C1/C=C(c2ccccc2O)Oc2cc(O)ccc21. The third-order valence-corrected chi connectivity index (χ3v) is 3.26. The second-order valence-electron chi connectivity index (χ2n) is 4.55. The molecule has 0 fully saturated rings. The summed E-state index contributed by atoms with van der Waals surface area (Å²) in [6, 6.07) is 12.0. The Morgan fingerprint density at radius 3 is 2.55 bits per heavy atom. The molecule has 2 aromatic carbocycles. The Bertz CT molecular complexity index is 727. The third kappa shape index (κ3) is 2.03. The number of fused-ring (bicyclic) bond motifs is 1. The maximum Gasteiger partial charge on any atom is 0.139 e. The summed E-state index contributed by atoms with van der Waals surface area (Å²) in [6.07, 6.45) is 3.85. The van der Waals surface area contributed by atoms with Crippen molar-refractivity contribution in [2.24, 2.45) is 0 Å². The number of phenols is 2. The molecule has 2 N–H and O–H groups in total. The van der Waals surface area contributed by atoms with E-state index in [0.29, 0.717) is 17.1 Å². The highest BCUT2D eigenvalue weighted by atomic mass is 16.5. The van der Waals surface area contributed by atoms with Crippen molar-refractivity contribution in [3.05, 3.63) is 65.7 Å². The summed E-state index contributed by atoms with van der Waals surface area (Å²) in [6.45, 7) is 1.94. The molecule has 0 unspecified atom stereocenters. The minimum Gasteiger partial charge on any atom is -0.508 e. The van der Waals surface area contributed by atoms with Crippen LogP contribution in [0.1, 0.15) is 18.1 Å². The fourth-order valence-electron chi connectivity index (χ4n) is 2.25. The fraction of sp³-hybridized carbons (Fsp3) is 0.0588. The molecule has 2 aromatic rings. The van der Waals surface area contributed by atoms with Gasteiger partial charge in [0.25, 0.3) is 0 Å². The molecule has 100 valence electrons. The van der Waals surface area contributed by atoms with Crippen molar-refractivity contribution >= 4 is 11.3 Å². The van der Waals surface area contributed by atoms with Crippen LogP contribution >= 0.6 is 0 Å². The molecule has 0 aromatic heterocycles. The van der Waals surface area contributed by atoms with E-state index in [4.69, 9.17) is 4.74 Å². The van der Waals surface area contributed by atoms with Crippen molar-refractivity contribution in [3.63, 3.8) is 0 Å². The van der Waals surface area contributed by atoms with E-state index in [9.17, 15) is 10.2 Å². The van der Waals surface area contributed by atoms with Gasteiger partial charge in [0.1, 0.15) is 23.0 Å². The van der Waals surface area contributed by atoms with E-state index >= 15 is 0 Å². The van der Waals surface area contributed by atoms with E-state index in [2.05, 4.69) is 0 Å². The highest BCUT2D eigenvalue weighted by Crippen LogP contribution is 2.40. The number of hydrogen-bond acceptors (Lipinski definition) is 3. The topological polar surface area (TPSA) is 49.7 Å². The Balaban J connectivity index is 2.13. The molecule has 0 radical (unpaired) electrons. The Labute approximate surface area is 117 Å². The largest absolute Gasteiger partial charge is 0.508 e. The van der Waals surface area contributed by atoms with E-state index in [-0.39, 0.29) is 11.5 Å². The average molecular weight is 266 g/mol. The molecule has 0 saturated carbocycles. The van der Waals surface area contributed by atoms with Gasteiger partial charge in [0.05, 0.1) is 5.56 Å². The quantitative estimate of drug-likeness (QED) is 0.822. The Kier molecular flexibility index (Phi) is 2.95. The van der Waals surface area contributed by atoms with Gasteiger partial charge in [-0.2, -0.15) is 0 Å². The van der Waals surface area contributed by atoms with Crippen molar-refractivity contribution in [2.75, 3.05) is 0 Å². The number of hydrogen-bond donors (Lipinski definition) is 2. The smallest absolute Gasteiger partial charge is 0.139 e. The molecule has 3 heteroatoms. The summed E-state index contributed by atoms with van der Waals surface area (Å²) in [4.78, 5) is 0. The lowest BCUT2D eigenvalue weighted by atomic mass is 9.99. The first-order valence-electron chi connectivity index (χ1n) is 6.36. The first-order chi connectivity index (χ1) is 9.69. The van der Waals surface area contributed by atoms with E-state index in [1.165, 1.54) is 0 Å². The maximum atomic E-state index is 9.93. The van der Waals surface area contributed by atoms with Crippen LogP contribution in [-0.4, -0.2) is 10.2 Å². The Hall–Kier alpha value is -2.68. The average Bonchev–Trinajstić information content (AvgIpc) is 2.46. The summed E-state index contributed by atoms with van der Waals surface area (Å²) in [5, 5.41) is 19.5. The maximum absolute atomic E-state index is 9.93. The zero-order valence-electron chi connectivity index (χ0n) is 11.0.